The normalized spacial score (nSPS) is 11.7. The van der Waals surface area contributed by atoms with E-state index in [9.17, 15) is 0 Å². The van der Waals surface area contributed by atoms with Crippen LogP contribution in [0.1, 0.15) is 187 Å². The highest BCUT2D eigenvalue weighted by molar-refractivity contribution is 5.59. The standard InChI is InChI=1S/C92H108N8O4.4ClH/c1-17-29-101-89-77-41-73(53-93-21-25-97(57-93)85-65(9)33-61(5)34-66(85)10)42-78(89)50-80-44-75(55-95-23-27-99(59-95)87-69(13)37-63(7)38-70(87)14)46-82(91(80)103-31-19-3)52-84-48-76(56-96-24-28-100(60-96)88-71(15)39-64(8)40-72(88)16)47-83(92(84)104-32-20-4)51-81-45-74(43-79(49-77)90(81)102-30-18-2)54-94-22-26-98(58-94)86-67(11)35-62(6)36-68(86)12;;;;/h21-28,33-48,57-60H,17-20,29-32,49-56H2,1-16H3;4*1H/q+4;;;;/p-4. The first-order valence-corrected chi connectivity index (χ1v) is 37.9. The van der Waals surface area contributed by atoms with E-state index in [-0.39, 0.29) is 49.6 Å². The zero-order valence-electron chi connectivity index (χ0n) is 66.2. The van der Waals surface area contributed by atoms with Crippen LogP contribution in [0.5, 0.6) is 23.0 Å². The minimum atomic E-state index is 0. The largest absolute Gasteiger partial charge is 1.00 e. The van der Waals surface area contributed by atoms with Crippen molar-refractivity contribution in [1.82, 2.24) is 18.3 Å². The van der Waals surface area contributed by atoms with Crippen LogP contribution in [0.4, 0.5) is 0 Å². The predicted octanol–water partition coefficient (Wildman–Crippen LogP) is 5.74. The van der Waals surface area contributed by atoms with Crippen molar-refractivity contribution < 1.29 is 86.8 Å². The molecule has 13 rings (SSSR count). The van der Waals surface area contributed by atoms with Crippen molar-refractivity contribution in [2.45, 2.75) is 188 Å². The maximum absolute atomic E-state index is 7.31. The zero-order chi connectivity index (χ0) is 73.0. The minimum Gasteiger partial charge on any atom is -1.00 e. The lowest BCUT2D eigenvalue weighted by Crippen LogP contribution is -3.00. The lowest BCUT2D eigenvalue weighted by Gasteiger charge is -2.24. The van der Waals surface area contributed by atoms with E-state index in [2.05, 4.69) is 319 Å². The van der Waals surface area contributed by atoms with Gasteiger partial charge in [0.2, 0.25) is 25.3 Å². The molecule has 0 radical (unpaired) electrons. The number of aryl methyl sites for hydroxylation is 12. The highest BCUT2D eigenvalue weighted by atomic mass is 35.5. The van der Waals surface area contributed by atoms with E-state index in [1.165, 1.54) is 112 Å². The molecule has 0 N–H and O–H groups in total. The van der Waals surface area contributed by atoms with Crippen LogP contribution in [0, 0.1) is 83.1 Å². The number of hydrogen-bond acceptors (Lipinski definition) is 4. The molecule has 0 aliphatic heterocycles. The first kappa shape index (κ1) is 83.0. The summed E-state index contributed by atoms with van der Waals surface area (Å²) in [4.78, 5) is 0. The summed E-state index contributed by atoms with van der Waals surface area (Å²) in [6.45, 7) is 40.2. The molecule has 12 aromatic rings. The Kier molecular flexibility index (Phi) is 28.0. The van der Waals surface area contributed by atoms with Gasteiger partial charge in [-0.25, -0.2) is 36.5 Å². The summed E-state index contributed by atoms with van der Waals surface area (Å²) in [5.41, 5.74) is 33.7. The van der Waals surface area contributed by atoms with Gasteiger partial charge in [-0.2, -0.15) is 0 Å². The number of nitrogens with zero attached hydrogens (tertiary/aromatic N) is 8. The SMILES string of the molecule is CCCOc1c2cc(Cn3cc[n+](-c4c(C)cc(C)cc4C)c3)cc1Cc1cc(Cn3cc[n+](-c4c(C)cc(C)cc4C)c3)cc(c1OCCC)Cc1cc(Cn3cc[n+](-c4c(C)cc(C)cc4C)c3)cc(c1OCCC)Cc1cc(Cn3cc[n+](-c4c(C)cc(C)cc4C)c3)cc(c1OCCC)C2.[Cl-].[Cl-].[Cl-].[Cl-]. The van der Waals surface area contributed by atoms with Gasteiger partial charge in [-0.05, 0) is 269 Å². The zero-order valence-corrected chi connectivity index (χ0v) is 69.2. The van der Waals surface area contributed by atoms with E-state index in [0.29, 0.717) is 78.3 Å². The van der Waals surface area contributed by atoms with Crippen LogP contribution in [0.3, 0.4) is 0 Å². The molecule has 0 amide bonds. The molecule has 0 unspecified atom stereocenters. The Morgan fingerprint density at radius 3 is 0.583 bits per heavy atom. The van der Waals surface area contributed by atoms with E-state index in [1.54, 1.807) is 0 Å². The number of halogens is 4. The number of ether oxygens (including phenoxy) is 4. The van der Waals surface area contributed by atoms with Gasteiger partial charge < -0.3 is 68.6 Å². The molecular weight excluding hydrogens is 1420 g/mol. The second-order valence-corrected chi connectivity index (χ2v) is 30.0. The van der Waals surface area contributed by atoms with Crippen LogP contribution in [0.25, 0.3) is 22.7 Å². The van der Waals surface area contributed by atoms with Crippen LogP contribution in [-0.2, 0) is 51.9 Å². The Bertz CT molecular complexity index is 4350. The average molecular weight is 1530 g/mol. The number of fused-ring (bicyclic) bond motifs is 8. The quantitative estimate of drug-likeness (QED) is 0.0725. The summed E-state index contributed by atoms with van der Waals surface area (Å²) in [6.07, 6.45) is 32.4. The van der Waals surface area contributed by atoms with Crippen molar-refractivity contribution in [2.24, 2.45) is 0 Å². The number of hydrogen-bond donors (Lipinski definition) is 0. The third-order valence-electron chi connectivity index (χ3n) is 20.3. The minimum absolute atomic E-state index is 0. The third kappa shape index (κ3) is 18.6. The molecule has 0 fully saturated rings. The fourth-order valence-corrected chi connectivity index (χ4v) is 16.7. The van der Waals surface area contributed by atoms with Gasteiger partial charge in [-0.15, -0.1) is 0 Å². The van der Waals surface area contributed by atoms with Crippen molar-refractivity contribution in [1.29, 1.82) is 0 Å². The third-order valence-corrected chi connectivity index (χ3v) is 20.3. The number of rotatable bonds is 24. The Morgan fingerprint density at radius 2 is 0.426 bits per heavy atom. The molecule has 1 aliphatic carbocycles. The average Bonchev–Trinajstić information content (AvgIpc) is 0.956. The predicted molar refractivity (Wildman–Crippen MR) is 417 cm³/mol. The van der Waals surface area contributed by atoms with Crippen molar-refractivity contribution in [3.05, 3.63) is 305 Å². The summed E-state index contributed by atoms with van der Waals surface area (Å²) in [6, 6.07) is 37.7. The Balaban J connectivity index is 0.00000336. The highest BCUT2D eigenvalue weighted by Gasteiger charge is 2.28. The summed E-state index contributed by atoms with van der Waals surface area (Å²) in [5, 5.41) is 0. The smallest absolute Gasteiger partial charge is 0.249 e. The van der Waals surface area contributed by atoms with Gasteiger partial charge in [-0.1, -0.05) is 98.5 Å². The molecule has 568 valence electrons. The molecular formula is C92H108Cl4N8O4. The molecule has 4 aromatic heterocycles. The summed E-state index contributed by atoms with van der Waals surface area (Å²) in [7, 11) is 0. The molecule has 1 aliphatic rings. The molecule has 16 heteroatoms. The van der Waals surface area contributed by atoms with Crippen molar-refractivity contribution in [2.75, 3.05) is 26.4 Å². The van der Waals surface area contributed by atoms with Gasteiger partial charge >= 0.3 is 0 Å². The monoisotopic (exact) mass is 1530 g/mol. The van der Waals surface area contributed by atoms with Crippen LogP contribution >= 0.6 is 0 Å². The van der Waals surface area contributed by atoms with E-state index >= 15 is 0 Å². The summed E-state index contributed by atoms with van der Waals surface area (Å²) in [5.74, 6) is 3.70. The van der Waals surface area contributed by atoms with E-state index in [1.807, 2.05) is 0 Å². The van der Waals surface area contributed by atoms with Crippen LogP contribution in [0.15, 0.2) is 172 Å². The molecule has 0 saturated carbocycles. The maximum Gasteiger partial charge on any atom is 0.249 e. The van der Waals surface area contributed by atoms with Gasteiger partial charge in [0, 0.05) is 25.7 Å². The lowest BCUT2D eigenvalue weighted by atomic mass is 9.88. The van der Waals surface area contributed by atoms with Crippen molar-refractivity contribution in [3.63, 3.8) is 0 Å². The fraction of sp³-hybridized carbons (Fsp3) is 0.348. The maximum atomic E-state index is 7.31. The molecule has 12 nitrogen and oxygen atoms in total. The molecule has 0 spiro atoms. The Morgan fingerprint density at radius 1 is 0.259 bits per heavy atom. The number of benzene rings is 8. The fourth-order valence-electron chi connectivity index (χ4n) is 16.7. The number of aromatic nitrogens is 8. The van der Waals surface area contributed by atoms with E-state index < -0.39 is 0 Å². The lowest BCUT2D eigenvalue weighted by molar-refractivity contribution is -0.596. The van der Waals surface area contributed by atoms with Crippen LogP contribution in [-0.4, -0.2) is 44.7 Å². The van der Waals surface area contributed by atoms with Gasteiger partial charge in [0.05, 0.1) is 26.4 Å². The molecule has 8 aromatic carbocycles. The van der Waals surface area contributed by atoms with Crippen molar-refractivity contribution in [3.8, 4) is 45.7 Å². The molecule has 0 atom stereocenters. The topological polar surface area (TPSA) is 72.2 Å². The molecule has 8 bridgehead atoms. The Labute approximate surface area is 666 Å². The van der Waals surface area contributed by atoms with Crippen molar-refractivity contribution >= 4 is 0 Å². The first-order chi connectivity index (χ1) is 50.2. The van der Waals surface area contributed by atoms with Gasteiger partial charge in [-0.3, -0.25) is 0 Å². The highest BCUT2D eigenvalue weighted by Crippen LogP contribution is 2.42. The summed E-state index contributed by atoms with van der Waals surface area (Å²) < 4.78 is 47.7. The number of imidazole rings is 4. The molecule has 108 heavy (non-hydrogen) atoms. The van der Waals surface area contributed by atoms with Gasteiger partial charge in [0.25, 0.3) is 0 Å². The molecule has 4 heterocycles. The van der Waals surface area contributed by atoms with E-state index in [4.69, 9.17) is 18.9 Å². The first-order valence-electron chi connectivity index (χ1n) is 37.9. The second-order valence-electron chi connectivity index (χ2n) is 30.0. The summed E-state index contributed by atoms with van der Waals surface area (Å²) >= 11 is 0. The van der Waals surface area contributed by atoms with Gasteiger partial charge in [0.15, 0.2) is 0 Å². The van der Waals surface area contributed by atoms with Crippen LogP contribution in [0.2, 0.25) is 0 Å². The van der Waals surface area contributed by atoms with E-state index in [0.717, 1.165) is 93.2 Å². The Hall–Kier alpha value is -9.04. The van der Waals surface area contributed by atoms with Gasteiger partial charge in [0.1, 0.15) is 122 Å². The molecule has 0 saturated heterocycles. The van der Waals surface area contributed by atoms with Crippen LogP contribution < -0.4 is 86.8 Å². The second kappa shape index (κ2) is 36.4.